The summed E-state index contributed by atoms with van der Waals surface area (Å²) < 4.78 is 28.1. The number of rotatable bonds is 5. The van der Waals surface area contributed by atoms with E-state index in [-0.39, 0.29) is 0 Å². The summed E-state index contributed by atoms with van der Waals surface area (Å²) in [7, 11) is -3.46. The largest absolute Gasteiger partial charge is 0.296 e. The molecule has 0 bridgehead atoms. The summed E-state index contributed by atoms with van der Waals surface area (Å²) in [6.45, 7) is 7.33. The fraction of sp³-hybridized carbons (Fsp3) is 0.350. The third-order valence-corrected chi connectivity index (χ3v) is 8.70. The standard InChI is InChI=1S/C20H24N4O2S2/c1-15-16(2)21-22-20(15)18-8-9-19(27-18)28(25,26)24-12-10-23(11-13-24)14-17-6-4-3-5-7-17/h3-9H,10-14H2,1-2H3,(H,21,22). The number of H-pyrrole nitrogens is 1. The predicted octanol–water partition coefficient (Wildman–Crippen LogP) is 3.26. The number of aromatic nitrogens is 2. The van der Waals surface area contributed by atoms with Crippen LogP contribution < -0.4 is 0 Å². The van der Waals surface area contributed by atoms with Crippen molar-refractivity contribution in [3.8, 4) is 10.6 Å². The van der Waals surface area contributed by atoms with Gasteiger partial charge in [0.25, 0.3) is 10.0 Å². The van der Waals surface area contributed by atoms with E-state index < -0.39 is 10.0 Å². The van der Waals surface area contributed by atoms with Gasteiger partial charge in [0.2, 0.25) is 0 Å². The van der Waals surface area contributed by atoms with E-state index in [4.69, 9.17) is 0 Å². The third kappa shape index (κ3) is 3.77. The van der Waals surface area contributed by atoms with Crippen LogP contribution in [0.1, 0.15) is 16.8 Å². The van der Waals surface area contributed by atoms with Crippen molar-refractivity contribution in [1.29, 1.82) is 0 Å². The number of benzene rings is 1. The molecule has 0 atom stereocenters. The summed E-state index contributed by atoms with van der Waals surface area (Å²) >= 11 is 1.29. The Balaban J connectivity index is 1.44. The van der Waals surface area contributed by atoms with E-state index in [1.807, 2.05) is 38.1 Å². The lowest BCUT2D eigenvalue weighted by atomic mass is 10.2. The molecule has 0 aliphatic carbocycles. The van der Waals surface area contributed by atoms with Crippen LogP contribution in [0.25, 0.3) is 10.6 Å². The lowest BCUT2D eigenvalue weighted by molar-refractivity contribution is 0.182. The van der Waals surface area contributed by atoms with Crippen LogP contribution in [-0.2, 0) is 16.6 Å². The number of nitrogens with zero attached hydrogens (tertiary/aromatic N) is 3. The van der Waals surface area contributed by atoms with Crippen LogP contribution in [0.4, 0.5) is 0 Å². The van der Waals surface area contributed by atoms with Crippen LogP contribution in [0.5, 0.6) is 0 Å². The van der Waals surface area contributed by atoms with Gasteiger partial charge in [-0.2, -0.15) is 9.40 Å². The van der Waals surface area contributed by atoms with Gasteiger partial charge in [-0.25, -0.2) is 8.42 Å². The summed E-state index contributed by atoms with van der Waals surface area (Å²) in [5, 5.41) is 7.28. The molecule has 1 aliphatic rings. The summed E-state index contributed by atoms with van der Waals surface area (Å²) in [4.78, 5) is 3.18. The molecule has 0 radical (unpaired) electrons. The molecule has 8 heteroatoms. The Bertz CT molecular complexity index is 1050. The average Bonchev–Trinajstić information content (AvgIpc) is 3.31. The zero-order valence-corrected chi connectivity index (χ0v) is 17.7. The number of nitrogens with one attached hydrogen (secondary N) is 1. The molecule has 3 heterocycles. The molecule has 1 saturated heterocycles. The van der Waals surface area contributed by atoms with Crippen LogP contribution in [0, 0.1) is 13.8 Å². The molecule has 2 aromatic heterocycles. The molecule has 28 heavy (non-hydrogen) atoms. The lowest BCUT2D eigenvalue weighted by Crippen LogP contribution is -2.48. The van der Waals surface area contributed by atoms with Crippen molar-refractivity contribution < 1.29 is 8.42 Å². The molecule has 1 fully saturated rings. The first kappa shape index (κ1) is 19.3. The molecule has 1 aromatic carbocycles. The smallest absolute Gasteiger partial charge is 0.252 e. The van der Waals surface area contributed by atoms with Gasteiger partial charge in [-0.3, -0.25) is 10.00 Å². The SMILES string of the molecule is Cc1[nH]nc(-c2ccc(S(=O)(=O)N3CCN(Cc4ccccc4)CC3)s2)c1C. The van der Waals surface area contributed by atoms with Crippen molar-refractivity contribution in [2.45, 2.75) is 24.6 Å². The minimum absolute atomic E-state index is 0.388. The first-order valence-electron chi connectivity index (χ1n) is 9.33. The Morgan fingerprint density at radius 3 is 2.39 bits per heavy atom. The third-order valence-electron chi connectivity index (χ3n) is 5.24. The van der Waals surface area contributed by atoms with Gasteiger partial charge >= 0.3 is 0 Å². The molecular formula is C20H24N4O2S2. The number of piperazine rings is 1. The van der Waals surface area contributed by atoms with Gasteiger partial charge in [-0.15, -0.1) is 11.3 Å². The second-order valence-electron chi connectivity index (χ2n) is 7.11. The first-order valence-corrected chi connectivity index (χ1v) is 11.6. The molecule has 3 aromatic rings. The van der Waals surface area contributed by atoms with Gasteiger partial charge in [-0.1, -0.05) is 30.3 Å². The highest BCUT2D eigenvalue weighted by molar-refractivity contribution is 7.91. The zero-order chi connectivity index (χ0) is 19.7. The number of aromatic amines is 1. The van der Waals surface area contributed by atoms with E-state index in [1.54, 1.807) is 10.4 Å². The van der Waals surface area contributed by atoms with Crippen molar-refractivity contribution in [3.63, 3.8) is 0 Å². The summed E-state index contributed by atoms with van der Waals surface area (Å²) in [6.07, 6.45) is 0. The normalized spacial score (nSPS) is 16.5. The van der Waals surface area contributed by atoms with Gasteiger partial charge in [0, 0.05) is 38.4 Å². The second kappa shape index (κ2) is 7.79. The van der Waals surface area contributed by atoms with E-state index in [0.29, 0.717) is 17.3 Å². The first-order chi connectivity index (χ1) is 13.4. The van der Waals surface area contributed by atoms with Crippen LogP contribution in [-0.4, -0.2) is 54.0 Å². The van der Waals surface area contributed by atoms with Crippen LogP contribution in [0.3, 0.4) is 0 Å². The molecule has 0 unspecified atom stereocenters. The Kier molecular flexibility index (Phi) is 5.37. The Hall–Kier alpha value is -2.00. The van der Waals surface area contributed by atoms with Crippen molar-refractivity contribution in [1.82, 2.24) is 19.4 Å². The predicted molar refractivity (Wildman–Crippen MR) is 112 cm³/mol. The Labute approximate surface area is 169 Å². The maximum Gasteiger partial charge on any atom is 0.252 e. The molecular weight excluding hydrogens is 392 g/mol. The summed E-state index contributed by atoms with van der Waals surface area (Å²) in [5.74, 6) is 0. The monoisotopic (exact) mass is 416 g/mol. The fourth-order valence-corrected chi connectivity index (χ4v) is 6.34. The van der Waals surface area contributed by atoms with Crippen LogP contribution >= 0.6 is 11.3 Å². The highest BCUT2D eigenvalue weighted by Crippen LogP contribution is 2.33. The summed E-state index contributed by atoms with van der Waals surface area (Å²) in [5.41, 5.74) is 4.14. The number of hydrogen-bond donors (Lipinski definition) is 1. The average molecular weight is 417 g/mol. The fourth-order valence-electron chi connectivity index (χ4n) is 3.41. The molecule has 6 nitrogen and oxygen atoms in total. The summed E-state index contributed by atoms with van der Waals surface area (Å²) in [6, 6.07) is 13.8. The highest BCUT2D eigenvalue weighted by atomic mass is 32.2. The quantitative estimate of drug-likeness (QED) is 0.693. The molecule has 0 spiro atoms. The second-order valence-corrected chi connectivity index (χ2v) is 10.4. The number of hydrogen-bond acceptors (Lipinski definition) is 5. The van der Waals surface area contributed by atoms with E-state index in [9.17, 15) is 8.42 Å². The molecule has 1 aliphatic heterocycles. The molecule has 0 amide bonds. The van der Waals surface area contributed by atoms with Gasteiger partial charge in [0.15, 0.2) is 0 Å². The van der Waals surface area contributed by atoms with Gasteiger partial charge in [-0.05, 0) is 37.1 Å². The van der Waals surface area contributed by atoms with Crippen LogP contribution in [0.15, 0.2) is 46.7 Å². The van der Waals surface area contributed by atoms with Gasteiger partial charge < -0.3 is 0 Å². The number of aryl methyl sites for hydroxylation is 1. The zero-order valence-electron chi connectivity index (χ0n) is 16.1. The van der Waals surface area contributed by atoms with Crippen molar-refractivity contribution in [2.75, 3.05) is 26.2 Å². The Morgan fingerprint density at radius 1 is 1.04 bits per heavy atom. The van der Waals surface area contributed by atoms with Crippen LogP contribution in [0.2, 0.25) is 0 Å². The van der Waals surface area contributed by atoms with Crippen molar-refractivity contribution in [3.05, 3.63) is 59.3 Å². The minimum atomic E-state index is -3.46. The van der Waals surface area contributed by atoms with E-state index in [2.05, 4.69) is 27.2 Å². The molecule has 4 rings (SSSR count). The van der Waals surface area contributed by atoms with Crippen molar-refractivity contribution in [2.24, 2.45) is 0 Å². The maximum absolute atomic E-state index is 13.1. The van der Waals surface area contributed by atoms with Gasteiger partial charge in [0.1, 0.15) is 9.90 Å². The van der Waals surface area contributed by atoms with E-state index in [1.165, 1.54) is 16.9 Å². The van der Waals surface area contributed by atoms with E-state index in [0.717, 1.165) is 41.5 Å². The number of thiophene rings is 1. The molecule has 148 valence electrons. The number of sulfonamides is 1. The maximum atomic E-state index is 13.1. The molecule has 0 saturated carbocycles. The minimum Gasteiger partial charge on any atom is -0.296 e. The van der Waals surface area contributed by atoms with Gasteiger partial charge in [0.05, 0.1) is 4.88 Å². The lowest BCUT2D eigenvalue weighted by Gasteiger charge is -2.33. The molecule has 1 N–H and O–H groups in total. The highest BCUT2D eigenvalue weighted by Gasteiger charge is 2.30. The Morgan fingerprint density at radius 2 is 1.75 bits per heavy atom. The topological polar surface area (TPSA) is 69.3 Å². The van der Waals surface area contributed by atoms with E-state index >= 15 is 0 Å². The van der Waals surface area contributed by atoms with Crippen molar-refractivity contribution >= 4 is 21.4 Å².